The van der Waals surface area contributed by atoms with Crippen LogP contribution >= 0.6 is 24.8 Å². The molecule has 0 amide bonds. The zero-order chi connectivity index (χ0) is 27.1. The number of fused-ring (bicyclic) bond motifs is 4. The standard InChI is InChI=1S/4C9H7.2CH2.2ClH.2Hf/c4*1-2-5-9-7-3-6-8(9)4-1;;;;;;/h4*1-7H;2*1H2;2*1H;;. The third-order valence-corrected chi connectivity index (χ3v) is 27.5. The Kier molecular flexibility index (Phi) is 10.2. The Morgan fingerprint density at radius 2 is 0.571 bits per heavy atom. The van der Waals surface area contributed by atoms with Gasteiger partial charge >= 0.3 is 255 Å². The van der Waals surface area contributed by atoms with E-state index in [1.54, 1.807) is 0 Å². The summed E-state index contributed by atoms with van der Waals surface area (Å²) in [4.78, 5) is 0. The van der Waals surface area contributed by atoms with Crippen LogP contribution in [0.4, 0.5) is 0 Å². The van der Waals surface area contributed by atoms with E-state index in [2.05, 4.69) is 146 Å². The Bertz CT molecular complexity index is 1520. The Labute approximate surface area is 277 Å². The molecule has 4 heteroatoms. The van der Waals surface area contributed by atoms with Gasteiger partial charge < -0.3 is 0 Å². The van der Waals surface area contributed by atoms with Gasteiger partial charge in [-0.25, -0.2) is 0 Å². The Balaban J connectivity index is 0.000000160. The van der Waals surface area contributed by atoms with E-state index in [0.717, 1.165) is 0 Å². The fraction of sp³-hybridized carbons (Fsp3) is 0.105. The molecule has 0 radical (unpaired) electrons. The van der Waals surface area contributed by atoms with E-state index < -0.39 is 41.9 Å². The van der Waals surface area contributed by atoms with Gasteiger partial charge in [-0.3, -0.25) is 0 Å². The summed E-state index contributed by atoms with van der Waals surface area (Å²) in [6, 6.07) is 35.2. The normalized spacial score (nSPS) is 20.8. The Morgan fingerprint density at radius 1 is 0.357 bits per heavy atom. The molecule has 4 aromatic carbocycles. The van der Waals surface area contributed by atoms with Gasteiger partial charge in [-0.05, 0) is 0 Å². The summed E-state index contributed by atoms with van der Waals surface area (Å²) in [6.45, 7) is 0. The molecular weight excluding hydrogens is 884 g/mol. The monoisotopic (exact) mass is 920 g/mol. The van der Waals surface area contributed by atoms with Crippen molar-refractivity contribution in [1.82, 2.24) is 0 Å². The summed E-state index contributed by atoms with van der Waals surface area (Å²) in [5.41, 5.74) is 11.7. The van der Waals surface area contributed by atoms with Crippen LogP contribution in [-0.2, 0) is 41.9 Å². The average Bonchev–Trinajstić information content (AvgIpc) is 3.80. The zero-order valence-electron chi connectivity index (χ0n) is 23.4. The fourth-order valence-electron chi connectivity index (χ4n) is 6.68. The first-order valence-corrected chi connectivity index (χ1v) is 27.5. The second-order valence-corrected chi connectivity index (χ2v) is 28.2. The third-order valence-electron chi connectivity index (χ3n) is 8.80. The van der Waals surface area contributed by atoms with Gasteiger partial charge in [-0.2, -0.15) is 0 Å². The molecule has 4 unspecified atom stereocenters. The van der Waals surface area contributed by atoms with Crippen LogP contribution in [0.25, 0.3) is 24.3 Å². The van der Waals surface area contributed by atoms with Gasteiger partial charge in [0, 0.05) is 0 Å². The molecule has 0 saturated heterocycles. The molecule has 0 saturated carbocycles. The second kappa shape index (κ2) is 13.7. The maximum atomic E-state index is 4.71. The summed E-state index contributed by atoms with van der Waals surface area (Å²) in [7, 11) is 0. The molecule has 0 bridgehead atoms. The van der Waals surface area contributed by atoms with Crippen molar-refractivity contribution < 1.29 is 41.9 Å². The van der Waals surface area contributed by atoms with E-state index >= 15 is 0 Å². The summed E-state index contributed by atoms with van der Waals surface area (Å²) in [6.07, 6.45) is 18.8. The topological polar surface area (TPSA) is 0 Å². The first-order valence-electron chi connectivity index (χ1n) is 14.1. The summed E-state index contributed by atoms with van der Waals surface area (Å²) < 4.78 is 12.0. The minimum atomic E-state index is -2.03. The molecule has 0 aromatic heterocycles. The van der Waals surface area contributed by atoms with Gasteiger partial charge in [0.1, 0.15) is 0 Å². The molecule has 0 fully saturated rings. The Morgan fingerprint density at radius 3 is 0.810 bits per heavy atom. The van der Waals surface area contributed by atoms with Crippen LogP contribution < -0.4 is 0 Å². The second-order valence-electron chi connectivity index (χ2n) is 11.0. The molecule has 0 heterocycles. The van der Waals surface area contributed by atoms with E-state index in [1.165, 1.54) is 44.5 Å². The number of hydrogen-bond acceptors (Lipinski definition) is 0. The van der Waals surface area contributed by atoms with Crippen LogP contribution in [0.2, 0.25) is 0 Å². The fourth-order valence-corrected chi connectivity index (χ4v) is 23.9. The van der Waals surface area contributed by atoms with Crippen molar-refractivity contribution in [3.63, 3.8) is 0 Å². The minimum absolute atomic E-state index is 0. The van der Waals surface area contributed by atoms with E-state index in [9.17, 15) is 0 Å². The van der Waals surface area contributed by atoms with Crippen molar-refractivity contribution in [2.75, 3.05) is 0 Å². The van der Waals surface area contributed by atoms with Gasteiger partial charge in [0.2, 0.25) is 0 Å². The molecule has 4 aromatic rings. The first kappa shape index (κ1) is 31.3. The van der Waals surface area contributed by atoms with Crippen molar-refractivity contribution in [3.8, 4) is 0 Å². The van der Waals surface area contributed by atoms with Crippen LogP contribution in [0.5, 0.6) is 0 Å². The summed E-state index contributed by atoms with van der Waals surface area (Å²) >= 11 is -4.06. The average molecular weight is 919 g/mol. The third kappa shape index (κ3) is 5.85. The predicted molar refractivity (Wildman–Crippen MR) is 182 cm³/mol. The molecule has 0 N–H and O–H groups in total. The van der Waals surface area contributed by atoms with Crippen molar-refractivity contribution >= 4 is 57.6 Å². The van der Waals surface area contributed by atoms with E-state index in [0.29, 0.717) is 14.7 Å². The molecule has 0 aliphatic heterocycles. The van der Waals surface area contributed by atoms with Crippen LogP contribution in [0.3, 0.4) is 0 Å². The van der Waals surface area contributed by atoms with E-state index in [1.807, 2.05) is 0 Å². The number of allylic oxidation sites excluding steroid dienone is 4. The molecule has 0 spiro atoms. The van der Waals surface area contributed by atoms with Gasteiger partial charge in [0.05, 0.1) is 0 Å². The SMILES string of the molecule is Cl.Cl.[CH2]=[Hf]([CH]1C=Cc2ccccc21)[CH]1C=Cc2ccccc21.[CH2]=[Hf]([CH]1C=Cc2ccccc21)[CH]1C=Cc2ccccc21. The van der Waals surface area contributed by atoms with Crippen LogP contribution in [-0.4, -0.2) is 8.52 Å². The van der Waals surface area contributed by atoms with Crippen LogP contribution in [0, 0.1) is 0 Å². The summed E-state index contributed by atoms with van der Waals surface area (Å²) in [5, 5.41) is 0. The number of rotatable bonds is 4. The van der Waals surface area contributed by atoms with Crippen LogP contribution in [0.1, 0.15) is 59.2 Å². The van der Waals surface area contributed by atoms with Gasteiger partial charge in [-0.15, -0.1) is 24.8 Å². The maximum absolute atomic E-state index is 4.71. The van der Waals surface area contributed by atoms with E-state index in [4.69, 9.17) is 8.52 Å². The molecule has 42 heavy (non-hydrogen) atoms. The van der Waals surface area contributed by atoms with Gasteiger partial charge in [-0.1, -0.05) is 0 Å². The van der Waals surface area contributed by atoms with Gasteiger partial charge in [0.15, 0.2) is 0 Å². The Hall–Kier alpha value is -2.10. The number of hydrogen-bond donors (Lipinski definition) is 0. The van der Waals surface area contributed by atoms with Gasteiger partial charge in [0.25, 0.3) is 0 Å². The first-order chi connectivity index (χ1) is 19.7. The summed E-state index contributed by atoms with van der Waals surface area (Å²) in [5.74, 6) is 0. The van der Waals surface area contributed by atoms with Crippen molar-refractivity contribution in [1.29, 1.82) is 0 Å². The van der Waals surface area contributed by atoms with Crippen molar-refractivity contribution in [2.45, 2.75) is 14.7 Å². The van der Waals surface area contributed by atoms with Crippen LogP contribution in [0.15, 0.2) is 121 Å². The number of benzene rings is 4. The van der Waals surface area contributed by atoms with Crippen molar-refractivity contribution in [2.24, 2.45) is 0 Å². The molecule has 0 nitrogen and oxygen atoms in total. The molecule has 4 atom stereocenters. The van der Waals surface area contributed by atoms with Crippen molar-refractivity contribution in [3.05, 3.63) is 166 Å². The zero-order valence-corrected chi connectivity index (χ0v) is 32.2. The predicted octanol–water partition coefficient (Wildman–Crippen LogP) is 9.99. The molecular formula is C38H34Cl2Hf2. The molecule has 4 aliphatic carbocycles. The van der Waals surface area contributed by atoms with E-state index in [-0.39, 0.29) is 24.8 Å². The molecule has 8 rings (SSSR count). The number of halogens is 2. The molecule has 4 aliphatic rings. The quantitative estimate of drug-likeness (QED) is 0.179. The molecule has 208 valence electrons.